The van der Waals surface area contributed by atoms with Gasteiger partial charge < -0.3 is 4.90 Å². The molecular weight excluding hydrogens is 462 g/mol. The van der Waals surface area contributed by atoms with Gasteiger partial charge in [-0.05, 0) is 98.4 Å². The van der Waals surface area contributed by atoms with Crippen LogP contribution in [0.25, 0.3) is 6.08 Å². The second-order valence-electron chi connectivity index (χ2n) is 12.5. The molecule has 2 aromatic carbocycles. The number of anilines is 1. The molecule has 3 aromatic rings. The number of nitrogens with zero attached hydrogens (tertiary/aromatic N) is 3. The first-order valence-corrected chi connectivity index (χ1v) is 15.2. The number of benzene rings is 2. The highest BCUT2D eigenvalue weighted by Crippen LogP contribution is 2.50. The van der Waals surface area contributed by atoms with Crippen molar-refractivity contribution in [2.24, 2.45) is 5.92 Å². The molecule has 3 nitrogen and oxygen atoms in total. The van der Waals surface area contributed by atoms with Crippen molar-refractivity contribution >= 4 is 11.8 Å². The lowest BCUT2D eigenvalue weighted by molar-refractivity contribution is 0.283. The summed E-state index contributed by atoms with van der Waals surface area (Å²) in [6, 6.07) is 18.6. The van der Waals surface area contributed by atoms with E-state index in [-0.39, 0.29) is 5.41 Å². The van der Waals surface area contributed by atoms with Gasteiger partial charge in [-0.1, -0.05) is 61.9 Å². The molecule has 2 heterocycles. The summed E-state index contributed by atoms with van der Waals surface area (Å²) in [6.45, 7) is 4.76. The molecule has 3 atom stereocenters. The molecule has 2 fully saturated rings. The number of hydrogen-bond donors (Lipinski definition) is 0. The molecule has 3 aliphatic carbocycles. The number of allylic oxidation sites excluding steroid dienone is 1. The van der Waals surface area contributed by atoms with Crippen LogP contribution in [0.2, 0.25) is 0 Å². The first-order valence-electron chi connectivity index (χ1n) is 15.2. The molecule has 1 aromatic heterocycles. The molecule has 0 N–H and O–H groups in total. The predicted octanol–water partition coefficient (Wildman–Crippen LogP) is 8.19. The van der Waals surface area contributed by atoms with E-state index >= 15 is 0 Å². The quantitative estimate of drug-likeness (QED) is 0.359. The van der Waals surface area contributed by atoms with E-state index in [1.807, 2.05) is 0 Å². The van der Waals surface area contributed by atoms with Crippen LogP contribution < -0.4 is 4.90 Å². The number of aryl methyl sites for hydroxylation is 1. The van der Waals surface area contributed by atoms with Gasteiger partial charge in [0.05, 0.1) is 11.1 Å². The van der Waals surface area contributed by atoms with Gasteiger partial charge in [0.2, 0.25) is 0 Å². The third-order valence-electron chi connectivity index (χ3n) is 10.2. The highest BCUT2D eigenvalue weighted by atomic mass is 15.1. The highest BCUT2D eigenvalue weighted by molar-refractivity contribution is 5.55. The van der Waals surface area contributed by atoms with Crippen LogP contribution in [-0.4, -0.2) is 23.1 Å². The van der Waals surface area contributed by atoms with Crippen LogP contribution in [0.3, 0.4) is 0 Å². The first-order chi connectivity index (χ1) is 18.7. The standard InChI is InChI=1S/C35H41N3/c1-25-8-6-22-38(23-19-25)29-16-14-28(15-17-29)35(20-7-21-35)34-36-24-27-10-3-5-12-32(33(27)37-34)31-18-13-26-9-2-4-11-30(26)31/h2-4,9-11,14-17,24-25,31-32H,5-8,12-13,18-23H2,1H3. The molecule has 0 bridgehead atoms. The molecule has 38 heavy (non-hydrogen) atoms. The number of rotatable bonds is 4. The monoisotopic (exact) mass is 503 g/mol. The zero-order chi connectivity index (χ0) is 25.5. The van der Waals surface area contributed by atoms with Crippen molar-refractivity contribution < 1.29 is 0 Å². The maximum atomic E-state index is 5.50. The van der Waals surface area contributed by atoms with Crippen LogP contribution in [0.4, 0.5) is 5.69 Å². The fourth-order valence-corrected chi connectivity index (χ4v) is 7.77. The lowest BCUT2D eigenvalue weighted by Gasteiger charge is -2.41. The molecule has 1 aliphatic heterocycles. The maximum Gasteiger partial charge on any atom is 0.139 e. The third kappa shape index (κ3) is 4.19. The average molecular weight is 504 g/mol. The van der Waals surface area contributed by atoms with E-state index in [1.54, 1.807) is 11.1 Å². The number of aromatic nitrogens is 2. The number of hydrogen-bond acceptors (Lipinski definition) is 3. The molecule has 0 radical (unpaired) electrons. The van der Waals surface area contributed by atoms with Crippen molar-refractivity contribution in [3.8, 4) is 0 Å². The van der Waals surface area contributed by atoms with Gasteiger partial charge in [-0.15, -0.1) is 0 Å². The van der Waals surface area contributed by atoms with E-state index < -0.39 is 0 Å². The van der Waals surface area contributed by atoms with Gasteiger partial charge in [0.1, 0.15) is 5.82 Å². The molecule has 0 amide bonds. The topological polar surface area (TPSA) is 29.0 Å². The second kappa shape index (κ2) is 9.98. The molecule has 0 spiro atoms. The Morgan fingerprint density at radius 3 is 2.58 bits per heavy atom. The van der Waals surface area contributed by atoms with Crippen LogP contribution in [0.15, 0.2) is 60.8 Å². The Morgan fingerprint density at radius 2 is 1.74 bits per heavy atom. The summed E-state index contributed by atoms with van der Waals surface area (Å²) in [5.74, 6) is 2.94. The van der Waals surface area contributed by atoms with Gasteiger partial charge >= 0.3 is 0 Å². The minimum atomic E-state index is -0.0327. The zero-order valence-electron chi connectivity index (χ0n) is 22.9. The van der Waals surface area contributed by atoms with Crippen molar-refractivity contribution in [1.29, 1.82) is 0 Å². The summed E-state index contributed by atoms with van der Waals surface area (Å²) in [7, 11) is 0. The van der Waals surface area contributed by atoms with Crippen LogP contribution in [0.5, 0.6) is 0 Å². The van der Waals surface area contributed by atoms with Crippen molar-refractivity contribution in [2.45, 2.75) is 88.4 Å². The van der Waals surface area contributed by atoms with E-state index in [1.165, 1.54) is 80.5 Å². The van der Waals surface area contributed by atoms with Crippen LogP contribution in [0, 0.1) is 5.92 Å². The molecule has 3 heteroatoms. The first kappa shape index (κ1) is 24.1. The summed E-state index contributed by atoms with van der Waals surface area (Å²) in [6.07, 6.45) is 19.0. The summed E-state index contributed by atoms with van der Waals surface area (Å²) in [5.41, 5.74) is 8.39. The molecule has 4 aliphatic rings. The van der Waals surface area contributed by atoms with Gasteiger partial charge in [-0.25, -0.2) is 9.97 Å². The van der Waals surface area contributed by atoms with Crippen molar-refractivity contribution in [3.63, 3.8) is 0 Å². The molecule has 1 saturated carbocycles. The van der Waals surface area contributed by atoms with Gasteiger partial charge in [0.15, 0.2) is 0 Å². The lowest BCUT2D eigenvalue weighted by Crippen LogP contribution is -2.38. The van der Waals surface area contributed by atoms with Gasteiger partial charge in [0, 0.05) is 36.5 Å². The molecule has 7 rings (SSSR count). The Hall–Kier alpha value is -2.94. The van der Waals surface area contributed by atoms with Gasteiger partial charge in [0.25, 0.3) is 0 Å². The Kier molecular flexibility index (Phi) is 6.34. The largest absolute Gasteiger partial charge is 0.372 e. The van der Waals surface area contributed by atoms with Crippen molar-refractivity contribution in [1.82, 2.24) is 9.97 Å². The fraction of sp³-hybridized carbons (Fsp3) is 0.486. The minimum absolute atomic E-state index is 0.0327. The van der Waals surface area contributed by atoms with E-state index in [2.05, 4.69) is 78.7 Å². The molecule has 3 unspecified atom stereocenters. The van der Waals surface area contributed by atoms with Crippen LogP contribution >= 0.6 is 0 Å². The second-order valence-corrected chi connectivity index (χ2v) is 12.5. The predicted molar refractivity (Wildman–Crippen MR) is 157 cm³/mol. The lowest BCUT2D eigenvalue weighted by atomic mass is 9.63. The van der Waals surface area contributed by atoms with Crippen molar-refractivity contribution in [2.75, 3.05) is 18.0 Å². The highest BCUT2D eigenvalue weighted by Gasteiger charge is 2.44. The fourth-order valence-electron chi connectivity index (χ4n) is 7.77. The summed E-state index contributed by atoms with van der Waals surface area (Å²) in [5, 5.41) is 0. The molecule has 1 saturated heterocycles. The van der Waals surface area contributed by atoms with E-state index in [9.17, 15) is 0 Å². The Bertz CT molecular complexity index is 1320. The normalized spacial score (nSPS) is 26.1. The zero-order valence-corrected chi connectivity index (χ0v) is 22.9. The summed E-state index contributed by atoms with van der Waals surface area (Å²) >= 11 is 0. The maximum absolute atomic E-state index is 5.50. The Labute approximate surface area is 228 Å². The summed E-state index contributed by atoms with van der Waals surface area (Å²) < 4.78 is 0. The molecule has 196 valence electrons. The SMILES string of the molecule is CC1CCCN(c2ccc(C3(c4ncc5c(n4)C(C4CCc6ccccc64)CCC=C5)CCC3)cc2)CC1. The number of fused-ring (bicyclic) bond motifs is 2. The van der Waals surface area contributed by atoms with E-state index in [0.717, 1.165) is 31.0 Å². The Balaban J connectivity index is 1.21. The van der Waals surface area contributed by atoms with Crippen molar-refractivity contribution in [3.05, 3.63) is 94.6 Å². The minimum Gasteiger partial charge on any atom is -0.372 e. The van der Waals surface area contributed by atoms with Gasteiger partial charge in [-0.3, -0.25) is 0 Å². The van der Waals surface area contributed by atoms with E-state index in [4.69, 9.17) is 9.97 Å². The van der Waals surface area contributed by atoms with E-state index in [0.29, 0.717) is 11.8 Å². The smallest absolute Gasteiger partial charge is 0.139 e. The third-order valence-corrected chi connectivity index (χ3v) is 10.2. The summed E-state index contributed by atoms with van der Waals surface area (Å²) in [4.78, 5) is 13.2. The van der Waals surface area contributed by atoms with Crippen LogP contribution in [-0.2, 0) is 11.8 Å². The Morgan fingerprint density at radius 1 is 0.868 bits per heavy atom. The average Bonchev–Trinajstić information content (AvgIpc) is 3.07. The molecular formula is C35H41N3. The van der Waals surface area contributed by atoms with Gasteiger partial charge in [-0.2, -0.15) is 0 Å². The van der Waals surface area contributed by atoms with Crippen LogP contribution in [0.1, 0.15) is 110 Å².